The van der Waals surface area contributed by atoms with Crippen LogP contribution in [-0.4, -0.2) is 6.79 Å². The van der Waals surface area contributed by atoms with E-state index in [1.807, 2.05) is 48.5 Å². The molecule has 0 N–H and O–H groups in total. The van der Waals surface area contributed by atoms with Crippen LogP contribution in [0.5, 0.6) is 11.5 Å². The fraction of sp³-hybridized carbons (Fsp3) is 0.0625. The molecule has 0 bridgehead atoms. The minimum atomic E-state index is 0.237. The van der Waals surface area contributed by atoms with Gasteiger partial charge < -0.3 is 9.47 Å². The molecule has 2 aromatic rings. The Kier molecular flexibility index (Phi) is 3.61. The lowest BCUT2D eigenvalue weighted by Gasteiger charge is -2.02. The highest BCUT2D eigenvalue weighted by Crippen LogP contribution is 2.34. The van der Waals surface area contributed by atoms with Gasteiger partial charge in [-0.25, -0.2) is 0 Å². The SMILES string of the molecule is N#CC(=Cc1cccc(I)c1)c1ccc2c(c1)OCO2. The van der Waals surface area contributed by atoms with Crippen molar-refractivity contribution in [3.05, 3.63) is 57.2 Å². The van der Waals surface area contributed by atoms with Crippen LogP contribution in [0.3, 0.4) is 0 Å². The van der Waals surface area contributed by atoms with Gasteiger partial charge in [-0.2, -0.15) is 5.26 Å². The number of hydrogen-bond acceptors (Lipinski definition) is 3. The average molecular weight is 375 g/mol. The predicted molar refractivity (Wildman–Crippen MR) is 85.2 cm³/mol. The molecule has 1 heterocycles. The van der Waals surface area contributed by atoms with Gasteiger partial charge in [-0.3, -0.25) is 0 Å². The normalized spacial score (nSPS) is 13.1. The van der Waals surface area contributed by atoms with Crippen LogP contribution < -0.4 is 9.47 Å². The van der Waals surface area contributed by atoms with Gasteiger partial charge in [-0.05, 0) is 70.1 Å². The predicted octanol–water partition coefficient (Wildman–Crippen LogP) is 4.08. The third kappa shape index (κ3) is 2.63. The summed E-state index contributed by atoms with van der Waals surface area (Å²) >= 11 is 2.25. The van der Waals surface area contributed by atoms with Crippen molar-refractivity contribution in [1.29, 1.82) is 5.26 Å². The molecule has 0 atom stereocenters. The molecule has 0 fully saturated rings. The third-order valence-electron chi connectivity index (χ3n) is 2.96. The third-order valence-corrected chi connectivity index (χ3v) is 3.63. The van der Waals surface area contributed by atoms with Crippen LogP contribution in [0.2, 0.25) is 0 Å². The number of nitriles is 1. The molecule has 4 heteroatoms. The number of nitrogens with zero attached hydrogens (tertiary/aromatic N) is 1. The molecular weight excluding hydrogens is 365 g/mol. The van der Waals surface area contributed by atoms with E-state index >= 15 is 0 Å². The topological polar surface area (TPSA) is 42.2 Å². The molecular formula is C16H10INO2. The molecule has 0 aromatic heterocycles. The minimum Gasteiger partial charge on any atom is -0.454 e. The van der Waals surface area contributed by atoms with Crippen LogP contribution in [0.15, 0.2) is 42.5 Å². The first-order valence-electron chi connectivity index (χ1n) is 6.03. The molecule has 0 radical (unpaired) electrons. The molecule has 20 heavy (non-hydrogen) atoms. The highest BCUT2D eigenvalue weighted by atomic mass is 127. The average Bonchev–Trinajstić information content (AvgIpc) is 2.92. The molecule has 3 rings (SSSR count). The quantitative estimate of drug-likeness (QED) is 0.451. The van der Waals surface area contributed by atoms with Crippen LogP contribution in [0.4, 0.5) is 0 Å². The molecule has 0 saturated carbocycles. The number of ether oxygens (including phenoxy) is 2. The van der Waals surface area contributed by atoms with E-state index in [0.29, 0.717) is 11.3 Å². The number of allylic oxidation sites excluding steroid dienone is 1. The summed E-state index contributed by atoms with van der Waals surface area (Å²) in [6.45, 7) is 0.237. The number of fused-ring (bicyclic) bond motifs is 1. The van der Waals surface area contributed by atoms with Crippen LogP contribution in [0.1, 0.15) is 11.1 Å². The van der Waals surface area contributed by atoms with Crippen LogP contribution >= 0.6 is 22.6 Å². The van der Waals surface area contributed by atoms with Gasteiger partial charge in [0.25, 0.3) is 0 Å². The number of hydrogen-bond donors (Lipinski definition) is 0. The van der Waals surface area contributed by atoms with Crippen molar-refractivity contribution in [2.75, 3.05) is 6.79 Å². The first kappa shape index (κ1) is 13.0. The summed E-state index contributed by atoms with van der Waals surface area (Å²) in [6.07, 6.45) is 1.87. The number of rotatable bonds is 2. The molecule has 98 valence electrons. The minimum absolute atomic E-state index is 0.237. The Labute approximate surface area is 130 Å². The van der Waals surface area contributed by atoms with E-state index in [0.717, 1.165) is 20.4 Å². The summed E-state index contributed by atoms with van der Waals surface area (Å²) in [4.78, 5) is 0. The van der Waals surface area contributed by atoms with Gasteiger partial charge in [0.1, 0.15) is 0 Å². The van der Waals surface area contributed by atoms with Gasteiger partial charge in [-0.1, -0.05) is 12.1 Å². The Bertz CT molecular complexity index is 731. The fourth-order valence-electron chi connectivity index (χ4n) is 2.01. The smallest absolute Gasteiger partial charge is 0.231 e. The van der Waals surface area contributed by atoms with Gasteiger partial charge in [-0.15, -0.1) is 0 Å². The van der Waals surface area contributed by atoms with Crippen molar-refractivity contribution < 1.29 is 9.47 Å². The van der Waals surface area contributed by atoms with Crippen molar-refractivity contribution in [2.24, 2.45) is 0 Å². The van der Waals surface area contributed by atoms with Gasteiger partial charge >= 0.3 is 0 Å². The molecule has 0 saturated heterocycles. The molecule has 1 aliphatic heterocycles. The van der Waals surface area contributed by atoms with Gasteiger partial charge in [0, 0.05) is 3.57 Å². The van der Waals surface area contributed by atoms with Crippen LogP contribution in [0.25, 0.3) is 11.6 Å². The van der Waals surface area contributed by atoms with E-state index in [9.17, 15) is 5.26 Å². The summed E-state index contributed by atoms with van der Waals surface area (Å²) in [5.41, 5.74) is 2.44. The molecule has 2 aromatic carbocycles. The lowest BCUT2D eigenvalue weighted by Crippen LogP contribution is -1.92. The second-order valence-corrected chi connectivity index (χ2v) is 5.54. The first-order valence-corrected chi connectivity index (χ1v) is 7.11. The highest BCUT2D eigenvalue weighted by Gasteiger charge is 2.14. The van der Waals surface area contributed by atoms with E-state index in [1.165, 1.54) is 0 Å². The van der Waals surface area contributed by atoms with E-state index in [4.69, 9.17) is 9.47 Å². The zero-order valence-corrected chi connectivity index (χ0v) is 12.6. The molecule has 1 aliphatic rings. The van der Waals surface area contributed by atoms with Gasteiger partial charge in [0.2, 0.25) is 6.79 Å². The second-order valence-electron chi connectivity index (χ2n) is 4.29. The number of benzene rings is 2. The van der Waals surface area contributed by atoms with E-state index in [-0.39, 0.29) is 6.79 Å². The standard InChI is InChI=1S/C16H10INO2/c17-14-3-1-2-11(7-14)6-13(9-18)12-4-5-15-16(8-12)20-10-19-15/h1-8H,10H2. The Morgan fingerprint density at radius 2 is 2.00 bits per heavy atom. The summed E-state index contributed by atoms with van der Waals surface area (Å²) in [6, 6.07) is 15.8. The van der Waals surface area contributed by atoms with Crippen molar-refractivity contribution in [3.63, 3.8) is 0 Å². The van der Waals surface area contributed by atoms with E-state index in [2.05, 4.69) is 28.7 Å². The van der Waals surface area contributed by atoms with E-state index in [1.54, 1.807) is 0 Å². The number of halogens is 1. The summed E-state index contributed by atoms with van der Waals surface area (Å²) in [5, 5.41) is 9.37. The summed E-state index contributed by atoms with van der Waals surface area (Å²) < 4.78 is 11.8. The highest BCUT2D eigenvalue weighted by molar-refractivity contribution is 14.1. The van der Waals surface area contributed by atoms with Crippen molar-refractivity contribution >= 4 is 34.2 Å². The second kappa shape index (κ2) is 5.55. The maximum atomic E-state index is 9.37. The largest absolute Gasteiger partial charge is 0.454 e. The molecule has 3 nitrogen and oxygen atoms in total. The lowest BCUT2D eigenvalue weighted by molar-refractivity contribution is 0.174. The van der Waals surface area contributed by atoms with Gasteiger partial charge in [0.05, 0.1) is 11.6 Å². The zero-order valence-electron chi connectivity index (χ0n) is 10.5. The maximum absolute atomic E-state index is 9.37. The Morgan fingerprint density at radius 3 is 2.80 bits per heavy atom. The molecule has 0 aliphatic carbocycles. The monoisotopic (exact) mass is 375 g/mol. The first-order chi connectivity index (χ1) is 9.76. The van der Waals surface area contributed by atoms with Crippen molar-refractivity contribution in [1.82, 2.24) is 0 Å². The van der Waals surface area contributed by atoms with Crippen molar-refractivity contribution in [3.8, 4) is 17.6 Å². The van der Waals surface area contributed by atoms with Crippen molar-refractivity contribution in [2.45, 2.75) is 0 Å². The maximum Gasteiger partial charge on any atom is 0.231 e. The zero-order chi connectivity index (χ0) is 13.9. The van der Waals surface area contributed by atoms with Gasteiger partial charge in [0.15, 0.2) is 11.5 Å². The lowest BCUT2D eigenvalue weighted by atomic mass is 10.0. The summed E-state index contributed by atoms with van der Waals surface area (Å²) in [5.74, 6) is 1.41. The molecule has 0 spiro atoms. The fourth-order valence-corrected chi connectivity index (χ4v) is 2.57. The molecule has 0 amide bonds. The van der Waals surface area contributed by atoms with Crippen LogP contribution in [0, 0.1) is 14.9 Å². The summed E-state index contributed by atoms with van der Waals surface area (Å²) in [7, 11) is 0. The Hall–Kier alpha value is -2.00. The Balaban J connectivity index is 2.00. The molecule has 0 unspecified atom stereocenters. The Morgan fingerprint density at radius 1 is 1.15 bits per heavy atom. The van der Waals surface area contributed by atoms with Crippen LogP contribution in [-0.2, 0) is 0 Å². The van der Waals surface area contributed by atoms with E-state index < -0.39 is 0 Å².